The van der Waals surface area contributed by atoms with Gasteiger partial charge in [0.1, 0.15) is 5.84 Å². The monoisotopic (exact) mass is 767 g/mol. The van der Waals surface area contributed by atoms with E-state index in [1.165, 1.54) is 98.5 Å². The molecule has 0 radical (unpaired) electrons. The van der Waals surface area contributed by atoms with E-state index in [4.69, 9.17) is 4.99 Å². The van der Waals surface area contributed by atoms with Crippen molar-refractivity contribution in [1.29, 1.82) is 0 Å². The minimum Gasteiger partial charge on any atom is -0.309 e. The summed E-state index contributed by atoms with van der Waals surface area (Å²) in [5.74, 6) is 1.28. The molecule has 13 rings (SSSR count). The van der Waals surface area contributed by atoms with Gasteiger partial charge in [0.2, 0.25) is 0 Å². The van der Waals surface area contributed by atoms with Gasteiger partial charge in [0.05, 0.1) is 27.8 Å². The van der Waals surface area contributed by atoms with Gasteiger partial charge in [-0.1, -0.05) is 166 Å². The molecule has 0 spiro atoms. The fourth-order valence-corrected chi connectivity index (χ4v) is 11.3. The summed E-state index contributed by atoms with van der Waals surface area (Å²) >= 11 is 0. The van der Waals surface area contributed by atoms with E-state index in [0.717, 1.165) is 17.2 Å². The van der Waals surface area contributed by atoms with E-state index < -0.39 is 0 Å². The highest BCUT2D eigenvalue weighted by molar-refractivity contribution is 6.25. The average Bonchev–Trinajstić information content (AvgIpc) is 3.89. The van der Waals surface area contributed by atoms with Crippen LogP contribution in [0.2, 0.25) is 0 Å². The van der Waals surface area contributed by atoms with Crippen molar-refractivity contribution in [3.05, 3.63) is 204 Å². The van der Waals surface area contributed by atoms with E-state index in [9.17, 15) is 0 Å². The first kappa shape index (κ1) is 33.7. The molecule has 284 valence electrons. The summed E-state index contributed by atoms with van der Waals surface area (Å²) in [6, 6.07) is 67.8. The molecule has 2 aliphatic rings. The van der Waals surface area contributed by atoms with Gasteiger partial charge in [-0.2, -0.15) is 0 Å². The van der Waals surface area contributed by atoms with Gasteiger partial charge in [-0.25, -0.2) is 4.99 Å². The van der Waals surface area contributed by atoms with Crippen molar-refractivity contribution in [2.24, 2.45) is 10.9 Å². The van der Waals surface area contributed by atoms with Crippen molar-refractivity contribution in [2.75, 3.05) is 0 Å². The van der Waals surface area contributed by atoms with Gasteiger partial charge in [0.15, 0.2) is 0 Å². The van der Waals surface area contributed by atoms with Gasteiger partial charge in [-0.3, -0.25) is 4.57 Å². The quantitative estimate of drug-likeness (QED) is 0.167. The van der Waals surface area contributed by atoms with Crippen LogP contribution in [-0.2, 0) is 5.41 Å². The van der Waals surface area contributed by atoms with E-state index in [2.05, 4.69) is 212 Å². The molecule has 1 aliphatic heterocycles. The number of aromatic nitrogens is 2. The second kappa shape index (κ2) is 12.2. The van der Waals surface area contributed by atoms with Gasteiger partial charge in [-0.05, 0) is 85.9 Å². The van der Waals surface area contributed by atoms with Crippen LogP contribution in [0, 0.1) is 5.92 Å². The lowest BCUT2D eigenvalue weighted by Gasteiger charge is -2.33. The Morgan fingerprint density at radius 2 is 1.15 bits per heavy atom. The van der Waals surface area contributed by atoms with Gasteiger partial charge in [0, 0.05) is 49.9 Å². The van der Waals surface area contributed by atoms with Crippen LogP contribution < -0.4 is 0 Å². The lowest BCUT2D eigenvalue weighted by Crippen LogP contribution is -2.29. The Balaban J connectivity index is 1.06. The minimum atomic E-state index is -0.0788. The molecule has 2 aromatic heterocycles. The third-order valence-corrected chi connectivity index (χ3v) is 14.1. The van der Waals surface area contributed by atoms with E-state index >= 15 is 0 Å². The number of hydrogen-bond donors (Lipinski definition) is 0. The maximum Gasteiger partial charge on any atom is 0.118 e. The Kier molecular flexibility index (Phi) is 6.83. The van der Waals surface area contributed by atoms with Gasteiger partial charge in [0.25, 0.3) is 0 Å². The van der Waals surface area contributed by atoms with E-state index in [1.54, 1.807) is 0 Å². The smallest absolute Gasteiger partial charge is 0.118 e. The zero-order valence-corrected chi connectivity index (χ0v) is 33.8. The van der Waals surface area contributed by atoms with Crippen molar-refractivity contribution >= 4 is 76.7 Å². The third kappa shape index (κ3) is 4.47. The lowest BCUT2D eigenvalue weighted by atomic mass is 9.75. The van der Waals surface area contributed by atoms with Crippen molar-refractivity contribution in [3.63, 3.8) is 0 Å². The van der Waals surface area contributed by atoms with Crippen molar-refractivity contribution in [3.8, 4) is 16.8 Å². The third-order valence-electron chi connectivity index (χ3n) is 14.1. The molecule has 3 heterocycles. The van der Waals surface area contributed by atoms with Crippen molar-refractivity contribution < 1.29 is 0 Å². The summed E-state index contributed by atoms with van der Waals surface area (Å²) in [6.07, 6.45) is 0. The van der Waals surface area contributed by atoms with Crippen LogP contribution in [-0.4, -0.2) is 15.0 Å². The lowest BCUT2D eigenvalue weighted by molar-refractivity contribution is 0.626. The van der Waals surface area contributed by atoms with E-state index in [1.807, 2.05) is 0 Å². The Bertz CT molecular complexity index is 3670. The molecule has 60 heavy (non-hydrogen) atoms. The van der Waals surface area contributed by atoms with Crippen LogP contribution >= 0.6 is 0 Å². The summed E-state index contributed by atoms with van der Waals surface area (Å²) in [5, 5.41) is 10.0. The summed E-state index contributed by atoms with van der Waals surface area (Å²) in [5.41, 5.74) is 15.1. The molecule has 2 unspecified atom stereocenters. The molecule has 3 heteroatoms. The Hall–Kier alpha value is -7.23. The maximum absolute atomic E-state index is 5.62. The first-order valence-electron chi connectivity index (χ1n) is 21.2. The molecule has 0 fully saturated rings. The molecule has 0 saturated carbocycles. The van der Waals surface area contributed by atoms with Crippen LogP contribution in [0.15, 0.2) is 187 Å². The summed E-state index contributed by atoms with van der Waals surface area (Å²) < 4.78 is 4.98. The predicted octanol–water partition coefficient (Wildman–Crippen LogP) is 14.9. The zero-order valence-electron chi connectivity index (χ0n) is 33.8. The molecule has 0 saturated heterocycles. The molecule has 0 bridgehead atoms. The molecule has 11 aromatic rings. The number of benzene rings is 9. The fourth-order valence-electron chi connectivity index (χ4n) is 11.3. The van der Waals surface area contributed by atoms with Crippen LogP contribution in [0.25, 0.3) is 82.0 Å². The Morgan fingerprint density at radius 3 is 2.03 bits per heavy atom. The summed E-state index contributed by atoms with van der Waals surface area (Å²) in [6.45, 7) is 7.15. The molecular formula is C57H41N3. The molecular weight excluding hydrogens is 727 g/mol. The van der Waals surface area contributed by atoms with Crippen LogP contribution in [0.3, 0.4) is 0 Å². The predicted molar refractivity (Wildman–Crippen MR) is 253 cm³/mol. The Labute approximate surface area is 348 Å². The largest absolute Gasteiger partial charge is 0.309 e. The average molecular weight is 768 g/mol. The SMILES string of the molecule is CC1C(n2c3ccc(-n4c5ccccc5c5ccc6ccccc6c54)cc3c3c4ccccc4ccc32)=Nc2ccccc2C1c1ccc2c(c1)C(C)(C)c1ccccc1-2. The summed E-state index contributed by atoms with van der Waals surface area (Å²) in [4.78, 5) is 5.62. The normalized spacial score (nSPS) is 16.8. The molecule has 9 aromatic carbocycles. The number of para-hydroxylation sites is 2. The van der Waals surface area contributed by atoms with Gasteiger partial charge < -0.3 is 4.57 Å². The zero-order chi connectivity index (χ0) is 39.9. The number of nitrogens with zero attached hydrogens (tertiary/aromatic N) is 3. The second-order valence-electron chi connectivity index (χ2n) is 17.5. The van der Waals surface area contributed by atoms with Gasteiger partial charge in [-0.15, -0.1) is 0 Å². The van der Waals surface area contributed by atoms with Gasteiger partial charge >= 0.3 is 0 Å². The minimum absolute atomic E-state index is 0.0788. The highest BCUT2D eigenvalue weighted by atomic mass is 15.1. The first-order chi connectivity index (χ1) is 29.5. The first-order valence-corrected chi connectivity index (χ1v) is 21.2. The van der Waals surface area contributed by atoms with Crippen LogP contribution in [0.5, 0.6) is 0 Å². The van der Waals surface area contributed by atoms with Crippen molar-refractivity contribution in [2.45, 2.75) is 32.1 Å². The molecule has 2 atom stereocenters. The number of rotatable bonds is 2. The van der Waals surface area contributed by atoms with Crippen LogP contribution in [0.4, 0.5) is 5.69 Å². The van der Waals surface area contributed by atoms with Crippen LogP contribution in [0.1, 0.15) is 48.9 Å². The molecule has 0 N–H and O–H groups in total. The van der Waals surface area contributed by atoms with Crippen molar-refractivity contribution in [1.82, 2.24) is 9.13 Å². The summed E-state index contributed by atoms with van der Waals surface area (Å²) in [7, 11) is 0. The number of aliphatic imine (C=N–C) groups is 1. The number of hydrogen-bond acceptors (Lipinski definition) is 1. The molecule has 1 aliphatic carbocycles. The molecule has 0 amide bonds. The second-order valence-corrected chi connectivity index (χ2v) is 17.5. The van der Waals surface area contributed by atoms with E-state index in [0.29, 0.717) is 0 Å². The maximum atomic E-state index is 5.62. The number of fused-ring (bicyclic) bond motifs is 14. The highest BCUT2D eigenvalue weighted by Crippen LogP contribution is 2.52. The topological polar surface area (TPSA) is 22.2 Å². The Morgan fingerprint density at radius 1 is 0.483 bits per heavy atom. The highest BCUT2D eigenvalue weighted by Gasteiger charge is 2.38. The van der Waals surface area contributed by atoms with E-state index in [-0.39, 0.29) is 17.3 Å². The fraction of sp³-hybridized carbons (Fsp3) is 0.105. The molecule has 3 nitrogen and oxygen atoms in total. The standard InChI is InChI=1S/C57H41N3/c1-34-53(37-25-28-42-41-18-8-11-21-47(41)57(2,3)48(42)32-37)45-20-9-12-22-49(45)58-56(34)60-51-31-27-38(33-46(51)54-39-16-6-4-14-35(39)26-30-52(54)60)59-50-23-13-10-19-43(50)44-29-24-36-15-5-7-17-40(36)55(44)59/h4-34,53H,1-3H3.